The number of nitrogens with zero attached hydrogens (tertiary/aromatic N) is 1. The van der Waals surface area contributed by atoms with Crippen molar-refractivity contribution in [3.63, 3.8) is 0 Å². The molecule has 0 aliphatic carbocycles. The van der Waals surface area contributed by atoms with E-state index in [1.807, 2.05) is 18.2 Å². The molecule has 0 atom stereocenters. The van der Waals surface area contributed by atoms with Gasteiger partial charge in [-0.15, -0.1) is 0 Å². The number of benzene rings is 3. The molecule has 7 nitrogen and oxygen atoms in total. The molecule has 1 aliphatic rings. The van der Waals surface area contributed by atoms with Crippen LogP contribution in [0.5, 0.6) is 11.5 Å². The first-order valence-corrected chi connectivity index (χ1v) is 10.5. The second kappa shape index (κ2) is 9.36. The fraction of sp³-hybridized carbons (Fsp3) is 0.0417. The normalized spacial score (nSPS) is 15.0. The summed E-state index contributed by atoms with van der Waals surface area (Å²) >= 11 is 12.5. The van der Waals surface area contributed by atoms with Crippen molar-refractivity contribution >= 4 is 52.8 Å². The van der Waals surface area contributed by atoms with Crippen molar-refractivity contribution in [2.45, 2.75) is 6.61 Å². The summed E-state index contributed by atoms with van der Waals surface area (Å²) in [6.07, 6.45) is 1.33. The Labute approximate surface area is 198 Å². The highest BCUT2D eigenvalue weighted by Gasteiger charge is 2.36. The minimum atomic E-state index is -0.880. The summed E-state index contributed by atoms with van der Waals surface area (Å²) in [4.78, 5) is 38.3. The zero-order valence-corrected chi connectivity index (χ0v) is 18.4. The van der Waals surface area contributed by atoms with Crippen LogP contribution in [0.25, 0.3) is 6.08 Å². The molecule has 166 valence electrons. The number of phenolic OH excluding ortho intramolecular Hbond substituents is 1. The number of nitrogens with one attached hydrogen (secondary N) is 1. The minimum absolute atomic E-state index is 0.0260. The van der Waals surface area contributed by atoms with Gasteiger partial charge in [0.1, 0.15) is 23.7 Å². The van der Waals surface area contributed by atoms with Gasteiger partial charge in [-0.25, -0.2) is 9.69 Å². The van der Waals surface area contributed by atoms with Crippen molar-refractivity contribution in [2.24, 2.45) is 0 Å². The predicted molar refractivity (Wildman–Crippen MR) is 124 cm³/mol. The third-order valence-corrected chi connectivity index (χ3v) is 5.48. The van der Waals surface area contributed by atoms with E-state index in [2.05, 4.69) is 5.32 Å². The lowest BCUT2D eigenvalue weighted by Gasteiger charge is -2.26. The Balaban J connectivity index is 1.57. The molecule has 1 aliphatic heterocycles. The quantitative estimate of drug-likeness (QED) is 0.396. The number of urea groups is 1. The van der Waals surface area contributed by atoms with Crippen LogP contribution in [0.4, 0.5) is 10.5 Å². The van der Waals surface area contributed by atoms with E-state index in [0.29, 0.717) is 16.3 Å². The van der Waals surface area contributed by atoms with Gasteiger partial charge in [0.25, 0.3) is 11.8 Å². The first-order chi connectivity index (χ1) is 15.8. The van der Waals surface area contributed by atoms with E-state index in [0.717, 1.165) is 10.5 Å². The molecule has 0 saturated carbocycles. The number of carbonyl (C=O) groups excluding carboxylic acids is 3. The molecular formula is C24H16Cl2N2O5. The minimum Gasteiger partial charge on any atom is -0.508 e. The standard InChI is InChI=1S/C24H16Cl2N2O5/c25-19-4-2-1-3-15(19)13-33-21-10-5-14(12-20(21)26)11-18-22(30)27-24(32)28(23(18)31)16-6-8-17(29)9-7-16/h1-12,29H,13H2,(H,27,30,32)/b18-11+. The number of imide groups is 2. The van der Waals surface area contributed by atoms with Crippen LogP contribution in [0.1, 0.15) is 11.1 Å². The summed E-state index contributed by atoms with van der Waals surface area (Å²) in [5.41, 5.74) is 1.21. The average Bonchev–Trinajstić information content (AvgIpc) is 2.78. The molecule has 1 fully saturated rings. The zero-order chi connectivity index (χ0) is 23.5. The number of hydrogen-bond donors (Lipinski definition) is 2. The van der Waals surface area contributed by atoms with Crippen LogP contribution in [-0.2, 0) is 16.2 Å². The Hall–Kier alpha value is -3.81. The maximum atomic E-state index is 12.9. The molecule has 3 aromatic rings. The van der Waals surface area contributed by atoms with Crippen LogP contribution < -0.4 is 15.0 Å². The van der Waals surface area contributed by atoms with E-state index in [1.54, 1.807) is 24.3 Å². The number of hydrogen-bond acceptors (Lipinski definition) is 5. The molecular weight excluding hydrogens is 467 g/mol. The fourth-order valence-electron chi connectivity index (χ4n) is 3.16. The van der Waals surface area contributed by atoms with Crippen molar-refractivity contribution in [3.8, 4) is 11.5 Å². The van der Waals surface area contributed by atoms with Gasteiger partial charge in [0.05, 0.1) is 10.7 Å². The number of phenols is 1. The molecule has 1 heterocycles. The van der Waals surface area contributed by atoms with Crippen molar-refractivity contribution in [2.75, 3.05) is 4.90 Å². The molecule has 9 heteroatoms. The lowest BCUT2D eigenvalue weighted by Crippen LogP contribution is -2.54. The second-order valence-electron chi connectivity index (χ2n) is 7.04. The van der Waals surface area contributed by atoms with Gasteiger partial charge in [0.15, 0.2) is 0 Å². The lowest BCUT2D eigenvalue weighted by molar-refractivity contribution is -0.122. The highest BCUT2D eigenvalue weighted by atomic mass is 35.5. The van der Waals surface area contributed by atoms with Crippen LogP contribution in [0.2, 0.25) is 10.0 Å². The van der Waals surface area contributed by atoms with Crippen molar-refractivity contribution in [3.05, 3.63) is 93.5 Å². The Morgan fingerprint density at radius 3 is 2.36 bits per heavy atom. The van der Waals surface area contributed by atoms with E-state index < -0.39 is 17.8 Å². The fourth-order valence-corrected chi connectivity index (χ4v) is 3.59. The van der Waals surface area contributed by atoms with Crippen LogP contribution in [0, 0.1) is 0 Å². The van der Waals surface area contributed by atoms with Gasteiger partial charge in [-0.1, -0.05) is 47.5 Å². The van der Waals surface area contributed by atoms with Crippen LogP contribution >= 0.6 is 23.2 Å². The third kappa shape index (κ3) is 4.84. The number of ether oxygens (including phenoxy) is 1. The molecule has 0 aromatic heterocycles. The summed E-state index contributed by atoms with van der Waals surface area (Å²) in [5.74, 6) is -1.25. The number of amides is 4. The van der Waals surface area contributed by atoms with E-state index in [9.17, 15) is 19.5 Å². The number of anilines is 1. The zero-order valence-electron chi connectivity index (χ0n) is 16.9. The van der Waals surface area contributed by atoms with Crippen LogP contribution in [-0.4, -0.2) is 23.0 Å². The monoisotopic (exact) mass is 482 g/mol. The summed E-state index contributed by atoms with van der Waals surface area (Å²) in [5, 5.41) is 12.4. The van der Waals surface area contributed by atoms with Crippen molar-refractivity contribution in [1.29, 1.82) is 0 Å². The van der Waals surface area contributed by atoms with Crippen molar-refractivity contribution in [1.82, 2.24) is 5.32 Å². The number of barbiturate groups is 1. The molecule has 0 spiro atoms. The van der Waals surface area contributed by atoms with E-state index in [4.69, 9.17) is 27.9 Å². The molecule has 4 rings (SSSR count). The molecule has 4 amide bonds. The van der Waals surface area contributed by atoms with E-state index in [-0.39, 0.29) is 28.6 Å². The summed E-state index contributed by atoms with van der Waals surface area (Å²) in [6, 6.07) is 16.6. The Kier molecular flexibility index (Phi) is 6.35. The van der Waals surface area contributed by atoms with Gasteiger partial charge in [-0.2, -0.15) is 0 Å². The maximum Gasteiger partial charge on any atom is 0.335 e. The van der Waals surface area contributed by atoms with Crippen LogP contribution in [0.15, 0.2) is 72.3 Å². The highest BCUT2D eigenvalue weighted by Crippen LogP contribution is 2.29. The lowest BCUT2D eigenvalue weighted by atomic mass is 10.1. The number of aromatic hydroxyl groups is 1. The van der Waals surface area contributed by atoms with E-state index >= 15 is 0 Å². The topological polar surface area (TPSA) is 95.9 Å². The largest absolute Gasteiger partial charge is 0.508 e. The van der Waals surface area contributed by atoms with Crippen LogP contribution in [0.3, 0.4) is 0 Å². The number of halogens is 2. The summed E-state index contributed by atoms with van der Waals surface area (Å²) in [6.45, 7) is 0.213. The molecule has 1 saturated heterocycles. The second-order valence-corrected chi connectivity index (χ2v) is 7.86. The molecule has 0 bridgehead atoms. The number of carbonyl (C=O) groups is 3. The average molecular weight is 483 g/mol. The molecule has 0 radical (unpaired) electrons. The van der Waals surface area contributed by atoms with Crippen molar-refractivity contribution < 1.29 is 24.2 Å². The maximum absolute atomic E-state index is 12.9. The third-order valence-electron chi connectivity index (χ3n) is 4.82. The van der Waals surface area contributed by atoms with Gasteiger partial charge in [0, 0.05) is 10.6 Å². The smallest absolute Gasteiger partial charge is 0.335 e. The van der Waals surface area contributed by atoms with E-state index in [1.165, 1.54) is 30.3 Å². The summed E-state index contributed by atoms with van der Waals surface area (Å²) < 4.78 is 5.73. The number of rotatable bonds is 5. The van der Waals surface area contributed by atoms with Gasteiger partial charge < -0.3 is 9.84 Å². The highest BCUT2D eigenvalue weighted by molar-refractivity contribution is 6.39. The first-order valence-electron chi connectivity index (χ1n) is 9.70. The summed E-state index contributed by atoms with van der Waals surface area (Å²) in [7, 11) is 0. The van der Waals surface area contributed by atoms with Gasteiger partial charge in [-0.05, 0) is 54.1 Å². The Morgan fingerprint density at radius 2 is 1.67 bits per heavy atom. The molecule has 0 unspecified atom stereocenters. The van der Waals surface area contributed by atoms with Gasteiger partial charge >= 0.3 is 6.03 Å². The van der Waals surface area contributed by atoms with Gasteiger partial charge in [0.2, 0.25) is 0 Å². The SMILES string of the molecule is O=C1NC(=O)N(c2ccc(O)cc2)C(=O)/C1=C/c1ccc(OCc2ccccc2Cl)c(Cl)c1. The molecule has 3 aromatic carbocycles. The Bertz CT molecular complexity index is 1290. The predicted octanol–water partition coefficient (Wildman–Crippen LogP) is 4.94. The molecule has 2 N–H and O–H groups in total. The Morgan fingerprint density at radius 1 is 0.939 bits per heavy atom. The molecule has 33 heavy (non-hydrogen) atoms. The first kappa shape index (κ1) is 22.4. The van der Waals surface area contributed by atoms with Gasteiger partial charge in [-0.3, -0.25) is 14.9 Å².